The lowest BCUT2D eigenvalue weighted by Gasteiger charge is -2.10. The van der Waals surface area contributed by atoms with Gasteiger partial charge in [0.15, 0.2) is 0 Å². The third kappa shape index (κ3) is 6.48. The van der Waals surface area contributed by atoms with Crippen LogP contribution in [0.1, 0.15) is 11.1 Å². The fourth-order valence-electron chi connectivity index (χ4n) is 3.45. The van der Waals surface area contributed by atoms with Crippen molar-refractivity contribution < 1.29 is 28.2 Å². The maximum absolute atomic E-state index is 12.8. The number of phenols is 1. The van der Waals surface area contributed by atoms with Crippen LogP contribution in [0.25, 0.3) is 11.3 Å². The number of halogens is 3. The lowest BCUT2D eigenvalue weighted by molar-refractivity contribution is -0.139. The summed E-state index contributed by atoms with van der Waals surface area (Å²) in [6, 6.07) is 16.4. The fraction of sp³-hybridized carbons (Fsp3) is 0.115. The van der Waals surface area contributed by atoms with E-state index in [1.165, 1.54) is 36.5 Å². The third-order valence-corrected chi connectivity index (χ3v) is 5.40. The molecule has 1 aromatic heterocycles. The third-order valence-electron chi connectivity index (χ3n) is 5.40. The van der Waals surface area contributed by atoms with Crippen molar-refractivity contribution in [3.63, 3.8) is 0 Å². The van der Waals surface area contributed by atoms with E-state index in [0.717, 1.165) is 12.1 Å². The van der Waals surface area contributed by atoms with Gasteiger partial charge in [-0.1, -0.05) is 18.2 Å². The van der Waals surface area contributed by atoms with Crippen molar-refractivity contribution in [1.82, 2.24) is 9.97 Å². The minimum absolute atomic E-state index is 0.0865. The summed E-state index contributed by atoms with van der Waals surface area (Å²) in [4.78, 5) is 19.6. The van der Waals surface area contributed by atoms with Gasteiger partial charge in [-0.3, -0.25) is 4.79 Å². The van der Waals surface area contributed by atoms with Gasteiger partial charge in [0.1, 0.15) is 11.8 Å². The lowest BCUT2D eigenvalue weighted by atomic mass is 10.0. The maximum atomic E-state index is 12.8. The van der Waals surface area contributed by atoms with Gasteiger partial charge in [-0.15, -0.1) is 5.11 Å². The maximum Gasteiger partial charge on any atom is 0.416 e. The number of nitrogens with two attached hydrogens (primary N) is 1. The van der Waals surface area contributed by atoms with Gasteiger partial charge in [0.25, 0.3) is 0 Å². The van der Waals surface area contributed by atoms with Crippen LogP contribution in [-0.2, 0) is 17.4 Å². The number of alkyl halides is 3. The second-order valence-corrected chi connectivity index (χ2v) is 8.14. The van der Waals surface area contributed by atoms with Gasteiger partial charge >= 0.3 is 12.1 Å². The van der Waals surface area contributed by atoms with Crippen molar-refractivity contribution in [2.45, 2.75) is 18.6 Å². The van der Waals surface area contributed by atoms with E-state index >= 15 is 0 Å². The minimum Gasteiger partial charge on any atom is -0.508 e. The topological polar surface area (TPSA) is 146 Å². The Hall–Kier alpha value is -4.84. The minimum atomic E-state index is -4.43. The summed E-state index contributed by atoms with van der Waals surface area (Å²) in [5.41, 5.74) is 7.45. The molecule has 3 aromatic carbocycles. The number of aromatic nitrogens is 2. The Morgan fingerprint density at radius 1 is 1.03 bits per heavy atom. The van der Waals surface area contributed by atoms with Crippen molar-refractivity contribution in [3.05, 3.63) is 90.1 Å². The molecule has 1 unspecified atom stereocenters. The summed E-state index contributed by atoms with van der Waals surface area (Å²) in [6.07, 6.45) is -3.02. The van der Waals surface area contributed by atoms with Crippen LogP contribution in [0.3, 0.4) is 0 Å². The number of hydrogen-bond acceptors (Lipinski definition) is 8. The Morgan fingerprint density at radius 3 is 2.47 bits per heavy atom. The lowest BCUT2D eigenvalue weighted by Crippen LogP contribution is -2.32. The van der Waals surface area contributed by atoms with Gasteiger partial charge in [-0.25, -0.2) is 9.97 Å². The monoisotopic (exact) mass is 522 g/mol. The molecule has 0 spiro atoms. The van der Waals surface area contributed by atoms with Gasteiger partial charge in [0, 0.05) is 23.9 Å². The molecule has 4 rings (SSSR count). The highest BCUT2D eigenvalue weighted by Gasteiger charge is 2.30. The molecule has 0 saturated heterocycles. The Labute approximate surface area is 214 Å². The van der Waals surface area contributed by atoms with Crippen molar-refractivity contribution in [3.8, 4) is 17.0 Å². The first-order valence-electron chi connectivity index (χ1n) is 11.2. The van der Waals surface area contributed by atoms with Crippen LogP contribution < -0.4 is 11.1 Å². The van der Waals surface area contributed by atoms with Crippen molar-refractivity contribution in [2.75, 3.05) is 5.32 Å². The number of nitrogens with zero attached hydrogens (tertiary/aromatic N) is 4. The summed E-state index contributed by atoms with van der Waals surface area (Å²) in [7, 11) is 0. The first-order chi connectivity index (χ1) is 18.1. The van der Waals surface area contributed by atoms with Crippen LogP contribution in [0.15, 0.2) is 89.2 Å². The van der Waals surface area contributed by atoms with Gasteiger partial charge < -0.3 is 21.3 Å². The fourth-order valence-corrected chi connectivity index (χ4v) is 3.45. The zero-order chi connectivity index (χ0) is 27.3. The SMILES string of the molecule is NC(Cc1cc(N=Nc2ccccc2-c2ccnc(Nc3ccc(C(F)(F)F)cc3)n2)ccc1O)C(=O)O. The number of carboxylic acid groups (broad SMARTS) is 1. The first-order valence-corrected chi connectivity index (χ1v) is 11.2. The van der Waals surface area contributed by atoms with E-state index in [9.17, 15) is 23.1 Å². The van der Waals surface area contributed by atoms with E-state index in [1.54, 1.807) is 30.3 Å². The summed E-state index contributed by atoms with van der Waals surface area (Å²) in [5.74, 6) is -1.12. The highest BCUT2D eigenvalue weighted by molar-refractivity contribution is 5.74. The summed E-state index contributed by atoms with van der Waals surface area (Å²) in [5, 5.41) is 30.5. The quantitative estimate of drug-likeness (QED) is 0.208. The van der Waals surface area contributed by atoms with E-state index in [2.05, 4.69) is 25.5 Å². The number of carboxylic acids is 1. The molecule has 0 amide bonds. The van der Waals surface area contributed by atoms with Gasteiger partial charge in [-0.05, 0) is 60.2 Å². The van der Waals surface area contributed by atoms with E-state index in [0.29, 0.717) is 33.9 Å². The highest BCUT2D eigenvalue weighted by Crippen LogP contribution is 2.33. The Bertz CT molecular complexity index is 1480. The number of aliphatic carboxylic acids is 1. The van der Waals surface area contributed by atoms with Gasteiger partial charge in [-0.2, -0.15) is 18.3 Å². The largest absolute Gasteiger partial charge is 0.508 e. The number of rotatable bonds is 8. The number of aromatic hydroxyl groups is 1. The van der Waals surface area contributed by atoms with Crippen molar-refractivity contribution in [2.24, 2.45) is 16.0 Å². The summed E-state index contributed by atoms with van der Waals surface area (Å²) < 4.78 is 38.4. The van der Waals surface area contributed by atoms with Crippen LogP contribution in [0.2, 0.25) is 0 Å². The summed E-state index contributed by atoms with van der Waals surface area (Å²) in [6.45, 7) is 0. The zero-order valence-corrected chi connectivity index (χ0v) is 19.6. The summed E-state index contributed by atoms with van der Waals surface area (Å²) >= 11 is 0. The number of benzene rings is 3. The molecular formula is C26H21F3N6O3. The molecule has 9 nitrogen and oxygen atoms in total. The van der Waals surface area contributed by atoms with E-state index in [1.807, 2.05) is 0 Å². The van der Waals surface area contributed by atoms with Crippen molar-refractivity contribution in [1.29, 1.82) is 0 Å². The molecule has 0 aliphatic carbocycles. The molecule has 0 aliphatic rings. The smallest absolute Gasteiger partial charge is 0.416 e. The molecule has 0 saturated carbocycles. The van der Waals surface area contributed by atoms with Crippen LogP contribution in [0.4, 0.5) is 36.2 Å². The standard InChI is InChI=1S/C26H21F3N6O3/c27-26(28,29)16-5-7-17(8-6-16)32-25-31-12-11-21(33-25)19-3-1-2-4-22(19)35-34-18-9-10-23(36)15(13-18)14-20(30)24(37)38/h1-13,20,36H,14,30H2,(H,37,38)(H,31,32,33). The molecule has 38 heavy (non-hydrogen) atoms. The second-order valence-electron chi connectivity index (χ2n) is 8.14. The molecule has 1 heterocycles. The van der Waals surface area contributed by atoms with E-state index in [-0.39, 0.29) is 18.1 Å². The number of hydrogen-bond donors (Lipinski definition) is 4. The number of azo groups is 1. The second kappa shape index (κ2) is 11.0. The molecule has 0 fully saturated rings. The number of phenolic OH excluding ortho intramolecular Hbond substituents is 1. The molecular weight excluding hydrogens is 501 g/mol. The van der Waals surface area contributed by atoms with Crippen LogP contribution in [0, 0.1) is 0 Å². The molecule has 0 bridgehead atoms. The average molecular weight is 522 g/mol. The Balaban J connectivity index is 1.56. The van der Waals surface area contributed by atoms with Gasteiger partial charge in [0.05, 0.1) is 22.6 Å². The molecule has 0 aliphatic heterocycles. The number of nitrogens with one attached hydrogen (secondary N) is 1. The number of carbonyl (C=O) groups is 1. The van der Waals surface area contributed by atoms with E-state index < -0.39 is 23.8 Å². The Kier molecular flexibility index (Phi) is 7.63. The van der Waals surface area contributed by atoms with E-state index in [4.69, 9.17) is 10.8 Å². The average Bonchev–Trinajstić information content (AvgIpc) is 2.89. The molecule has 5 N–H and O–H groups in total. The molecule has 0 radical (unpaired) electrons. The normalized spacial score (nSPS) is 12.4. The predicted molar refractivity (Wildman–Crippen MR) is 134 cm³/mol. The van der Waals surface area contributed by atoms with Crippen LogP contribution in [0.5, 0.6) is 5.75 Å². The van der Waals surface area contributed by atoms with Crippen LogP contribution in [-0.4, -0.2) is 32.2 Å². The van der Waals surface area contributed by atoms with Gasteiger partial charge in [0.2, 0.25) is 5.95 Å². The zero-order valence-electron chi connectivity index (χ0n) is 19.6. The van der Waals surface area contributed by atoms with Crippen LogP contribution >= 0.6 is 0 Å². The first kappa shape index (κ1) is 26.2. The van der Waals surface area contributed by atoms with Crippen molar-refractivity contribution >= 4 is 29.0 Å². The highest BCUT2D eigenvalue weighted by atomic mass is 19.4. The Morgan fingerprint density at radius 2 is 1.76 bits per heavy atom. The predicted octanol–water partition coefficient (Wildman–Crippen LogP) is 5.98. The number of anilines is 2. The molecule has 12 heteroatoms. The molecule has 1 atom stereocenters. The molecule has 194 valence electrons. The molecule has 4 aromatic rings.